The molecule has 0 fully saturated rings. The predicted octanol–water partition coefficient (Wildman–Crippen LogP) is 4.16. The fourth-order valence-corrected chi connectivity index (χ4v) is 3.18. The molecule has 2 rings (SSSR count). The summed E-state index contributed by atoms with van der Waals surface area (Å²) >= 11 is 1.70. The average Bonchev–Trinajstić information content (AvgIpc) is 2.86. The van der Waals surface area contributed by atoms with Crippen LogP contribution in [0.5, 0.6) is 0 Å². The highest BCUT2D eigenvalue weighted by molar-refractivity contribution is 14.0. The van der Waals surface area contributed by atoms with E-state index in [1.165, 1.54) is 17.0 Å². The molecule has 1 aromatic heterocycles. The molecule has 1 aromatic carbocycles. The Bertz CT molecular complexity index is 691. The molecule has 0 atom stereocenters. The summed E-state index contributed by atoms with van der Waals surface area (Å²) in [5, 5.41) is 7.67. The number of benzene rings is 1. The second-order valence-corrected chi connectivity index (χ2v) is 7.71. The van der Waals surface area contributed by atoms with E-state index in [0.29, 0.717) is 13.1 Å². The van der Waals surface area contributed by atoms with Gasteiger partial charge in [0.05, 0.1) is 12.2 Å². The van der Waals surface area contributed by atoms with Crippen LogP contribution >= 0.6 is 35.3 Å². The quantitative estimate of drug-likeness (QED) is 0.387. The van der Waals surface area contributed by atoms with E-state index in [1.54, 1.807) is 18.4 Å². The van der Waals surface area contributed by atoms with Gasteiger partial charge in [-0.05, 0) is 31.5 Å². The number of halogens is 2. The van der Waals surface area contributed by atoms with E-state index in [0.717, 1.165) is 22.2 Å². The van der Waals surface area contributed by atoms with Gasteiger partial charge in [-0.3, -0.25) is 4.99 Å². The average molecular weight is 476 g/mol. The third-order valence-electron chi connectivity index (χ3n) is 4.03. The summed E-state index contributed by atoms with van der Waals surface area (Å²) in [5.41, 5.74) is 2.02. The lowest BCUT2D eigenvalue weighted by molar-refractivity contribution is 0.507. The number of rotatable bonds is 5. The molecule has 0 aliphatic carbocycles. The number of aromatic nitrogens is 1. The molecular formula is C18H26FIN4S. The van der Waals surface area contributed by atoms with Gasteiger partial charge >= 0.3 is 0 Å². The maximum absolute atomic E-state index is 13.1. The molecule has 0 saturated heterocycles. The van der Waals surface area contributed by atoms with Crippen LogP contribution in [-0.2, 0) is 12.0 Å². The van der Waals surface area contributed by atoms with Gasteiger partial charge in [-0.2, -0.15) is 0 Å². The van der Waals surface area contributed by atoms with Crippen molar-refractivity contribution in [2.75, 3.05) is 13.6 Å². The summed E-state index contributed by atoms with van der Waals surface area (Å²) in [5.74, 6) is 0.518. The van der Waals surface area contributed by atoms with Gasteiger partial charge in [0.2, 0.25) is 0 Å². The zero-order valence-corrected chi connectivity index (χ0v) is 18.5. The van der Waals surface area contributed by atoms with Gasteiger partial charge in [0.15, 0.2) is 5.96 Å². The van der Waals surface area contributed by atoms with Gasteiger partial charge < -0.3 is 10.6 Å². The number of aliphatic imine (C=N–C) groups is 1. The molecule has 1 heterocycles. The van der Waals surface area contributed by atoms with E-state index in [-0.39, 0.29) is 35.2 Å². The lowest BCUT2D eigenvalue weighted by Gasteiger charge is -2.26. The highest BCUT2D eigenvalue weighted by atomic mass is 127. The van der Waals surface area contributed by atoms with Crippen molar-refractivity contribution in [1.29, 1.82) is 0 Å². The second-order valence-electron chi connectivity index (χ2n) is 6.42. The highest BCUT2D eigenvalue weighted by Gasteiger charge is 2.21. The van der Waals surface area contributed by atoms with Crippen molar-refractivity contribution in [2.45, 2.75) is 39.7 Å². The first-order chi connectivity index (χ1) is 11.3. The van der Waals surface area contributed by atoms with Crippen molar-refractivity contribution in [3.63, 3.8) is 0 Å². The van der Waals surface area contributed by atoms with Gasteiger partial charge in [-0.1, -0.05) is 26.0 Å². The number of nitrogens with zero attached hydrogens (tertiary/aromatic N) is 2. The van der Waals surface area contributed by atoms with Crippen LogP contribution < -0.4 is 10.6 Å². The minimum atomic E-state index is -0.214. The number of guanidine groups is 1. The molecule has 4 nitrogen and oxygen atoms in total. The molecule has 0 spiro atoms. The Labute approximate surface area is 170 Å². The Morgan fingerprint density at radius 2 is 1.84 bits per heavy atom. The molecule has 0 amide bonds. The standard InChI is InChI=1S/C18H25FN4S.HI/c1-12-13(2)24-16(23-12)10-21-17(20-5)22-11-18(3,4)14-6-8-15(19)9-7-14;/h6-9H,10-11H2,1-5H3,(H2,20,21,22);1H. The Kier molecular flexibility index (Phi) is 8.27. The first-order valence-corrected chi connectivity index (χ1v) is 8.77. The molecule has 0 saturated carbocycles. The monoisotopic (exact) mass is 476 g/mol. The number of hydrogen-bond donors (Lipinski definition) is 2. The molecule has 2 N–H and O–H groups in total. The van der Waals surface area contributed by atoms with Crippen molar-refractivity contribution in [2.24, 2.45) is 4.99 Å². The van der Waals surface area contributed by atoms with E-state index in [2.05, 4.69) is 41.4 Å². The lowest BCUT2D eigenvalue weighted by atomic mass is 9.84. The Balaban J connectivity index is 0.00000312. The molecule has 0 radical (unpaired) electrons. The highest BCUT2D eigenvalue weighted by Crippen LogP contribution is 2.22. The minimum Gasteiger partial charge on any atom is -0.356 e. The van der Waals surface area contributed by atoms with Crippen LogP contribution in [0.2, 0.25) is 0 Å². The Hall–Kier alpha value is -1.22. The maximum atomic E-state index is 13.1. The number of nitrogens with one attached hydrogen (secondary N) is 2. The van der Waals surface area contributed by atoms with Gasteiger partial charge in [-0.25, -0.2) is 9.37 Å². The maximum Gasteiger partial charge on any atom is 0.191 e. The third-order valence-corrected chi connectivity index (χ3v) is 5.10. The number of thiazole rings is 1. The zero-order valence-electron chi connectivity index (χ0n) is 15.3. The van der Waals surface area contributed by atoms with E-state index in [4.69, 9.17) is 0 Å². The molecule has 138 valence electrons. The molecule has 0 unspecified atom stereocenters. The van der Waals surface area contributed by atoms with E-state index >= 15 is 0 Å². The van der Waals surface area contributed by atoms with Crippen LogP contribution in [0.3, 0.4) is 0 Å². The summed E-state index contributed by atoms with van der Waals surface area (Å²) < 4.78 is 13.1. The van der Waals surface area contributed by atoms with Crippen molar-refractivity contribution in [1.82, 2.24) is 15.6 Å². The summed E-state index contributed by atoms with van der Waals surface area (Å²) in [7, 11) is 1.75. The first-order valence-electron chi connectivity index (χ1n) is 7.95. The van der Waals surface area contributed by atoms with E-state index < -0.39 is 0 Å². The minimum absolute atomic E-state index is 0. The van der Waals surface area contributed by atoms with Gasteiger partial charge in [0.25, 0.3) is 0 Å². The number of hydrogen-bond acceptors (Lipinski definition) is 3. The van der Waals surface area contributed by atoms with Crippen LogP contribution in [0.15, 0.2) is 29.3 Å². The summed E-state index contributed by atoms with van der Waals surface area (Å²) in [6, 6.07) is 6.65. The van der Waals surface area contributed by atoms with Crippen LogP contribution in [0.4, 0.5) is 4.39 Å². The topological polar surface area (TPSA) is 49.3 Å². The fraction of sp³-hybridized carbons (Fsp3) is 0.444. The van der Waals surface area contributed by atoms with Crippen molar-refractivity contribution in [3.8, 4) is 0 Å². The first kappa shape index (κ1) is 21.8. The molecule has 0 bridgehead atoms. The molecule has 0 aliphatic rings. The summed E-state index contributed by atoms with van der Waals surface area (Å²) in [6.07, 6.45) is 0. The normalized spacial score (nSPS) is 11.8. The van der Waals surface area contributed by atoms with Gasteiger partial charge in [0, 0.05) is 23.9 Å². The van der Waals surface area contributed by atoms with Crippen molar-refractivity contribution < 1.29 is 4.39 Å². The fourth-order valence-electron chi connectivity index (χ4n) is 2.30. The van der Waals surface area contributed by atoms with Crippen LogP contribution in [0.25, 0.3) is 0 Å². The zero-order chi connectivity index (χ0) is 17.7. The molecule has 2 aromatic rings. The van der Waals surface area contributed by atoms with Crippen molar-refractivity contribution >= 4 is 41.3 Å². The smallest absolute Gasteiger partial charge is 0.191 e. The van der Waals surface area contributed by atoms with Crippen LogP contribution in [-0.4, -0.2) is 24.5 Å². The molecule has 25 heavy (non-hydrogen) atoms. The molecule has 7 heteroatoms. The van der Waals surface area contributed by atoms with E-state index in [9.17, 15) is 4.39 Å². The predicted molar refractivity (Wildman–Crippen MR) is 115 cm³/mol. The summed E-state index contributed by atoms with van der Waals surface area (Å²) in [4.78, 5) is 10.0. The van der Waals surface area contributed by atoms with Gasteiger partial charge in [0.1, 0.15) is 10.8 Å². The molecular weight excluding hydrogens is 450 g/mol. The second kappa shape index (κ2) is 9.47. The van der Waals surface area contributed by atoms with Crippen molar-refractivity contribution in [3.05, 3.63) is 51.2 Å². The SMILES string of the molecule is CN=C(NCc1nc(C)c(C)s1)NCC(C)(C)c1ccc(F)cc1.I. The largest absolute Gasteiger partial charge is 0.356 e. The number of aryl methyl sites for hydroxylation is 2. The van der Waals surface area contributed by atoms with Crippen LogP contribution in [0.1, 0.15) is 35.0 Å². The van der Waals surface area contributed by atoms with Gasteiger partial charge in [-0.15, -0.1) is 35.3 Å². The van der Waals surface area contributed by atoms with Crippen LogP contribution in [0, 0.1) is 19.7 Å². The molecule has 0 aliphatic heterocycles. The summed E-state index contributed by atoms with van der Waals surface area (Å²) in [6.45, 7) is 9.68. The van der Waals surface area contributed by atoms with E-state index in [1.807, 2.05) is 19.1 Å². The Morgan fingerprint density at radius 3 is 2.36 bits per heavy atom. The third kappa shape index (κ3) is 6.22. The lowest BCUT2D eigenvalue weighted by Crippen LogP contribution is -2.43. The Morgan fingerprint density at radius 1 is 1.20 bits per heavy atom.